The zero-order chi connectivity index (χ0) is 24.7. The summed E-state index contributed by atoms with van der Waals surface area (Å²) in [4.78, 5) is 22.7. The second-order valence-electron chi connectivity index (χ2n) is 8.77. The molecule has 1 fully saturated rings. The van der Waals surface area contributed by atoms with E-state index in [9.17, 15) is 4.79 Å². The molecule has 0 bridgehead atoms. The smallest absolute Gasteiger partial charge is 0.233 e. The third-order valence-electron chi connectivity index (χ3n) is 6.36. The van der Waals surface area contributed by atoms with Crippen molar-refractivity contribution in [2.75, 3.05) is 50.9 Å². The Labute approximate surface area is 216 Å². The van der Waals surface area contributed by atoms with Crippen molar-refractivity contribution < 1.29 is 14.3 Å². The summed E-state index contributed by atoms with van der Waals surface area (Å²) in [5.41, 5.74) is 4.12. The standard InChI is InChI=1S/C29H31N3O3S/c1-2-35-25-9-6-10-26-28(25)30-29(36-26)32(16-15-31-17-19-34-20-18-31)27(33)21-22-11-13-24(14-12-22)23-7-4-3-5-8-23/h3-14H,2,15-21H2,1H3. The maximum Gasteiger partial charge on any atom is 0.233 e. The van der Waals surface area contributed by atoms with Crippen molar-refractivity contribution in [2.24, 2.45) is 0 Å². The molecule has 5 rings (SSSR count). The summed E-state index contributed by atoms with van der Waals surface area (Å²) in [6.45, 7) is 7.16. The highest BCUT2D eigenvalue weighted by Crippen LogP contribution is 2.34. The predicted molar refractivity (Wildman–Crippen MR) is 146 cm³/mol. The minimum absolute atomic E-state index is 0.0488. The molecule has 2 heterocycles. The number of anilines is 1. The molecule has 36 heavy (non-hydrogen) atoms. The number of thiazole rings is 1. The molecule has 186 valence electrons. The molecule has 7 heteroatoms. The van der Waals surface area contributed by atoms with Crippen LogP contribution in [0.15, 0.2) is 72.8 Å². The normalized spacial score (nSPS) is 14.1. The lowest BCUT2D eigenvalue weighted by Crippen LogP contribution is -2.43. The highest BCUT2D eigenvalue weighted by Gasteiger charge is 2.23. The van der Waals surface area contributed by atoms with Crippen molar-refractivity contribution >= 4 is 32.6 Å². The van der Waals surface area contributed by atoms with Gasteiger partial charge in [0.1, 0.15) is 11.3 Å². The fourth-order valence-electron chi connectivity index (χ4n) is 4.41. The molecular formula is C29H31N3O3S. The van der Waals surface area contributed by atoms with Crippen molar-refractivity contribution in [1.29, 1.82) is 0 Å². The van der Waals surface area contributed by atoms with Gasteiger partial charge in [0.15, 0.2) is 5.13 Å². The Balaban J connectivity index is 1.37. The molecule has 1 saturated heterocycles. The average Bonchev–Trinajstić information content (AvgIpc) is 3.35. The number of aromatic nitrogens is 1. The third kappa shape index (κ3) is 5.75. The van der Waals surface area contributed by atoms with Crippen molar-refractivity contribution in [1.82, 2.24) is 9.88 Å². The van der Waals surface area contributed by atoms with Crippen molar-refractivity contribution in [3.8, 4) is 16.9 Å². The van der Waals surface area contributed by atoms with Gasteiger partial charge in [-0.1, -0.05) is 72.0 Å². The monoisotopic (exact) mass is 501 g/mol. The Morgan fingerprint density at radius 1 is 1.00 bits per heavy atom. The minimum atomic E-state index is 0.0488. The van der Waals surface area contributed by atoms with Crippen LogP contribution >= 0.6 is 11.3 Å². The molecule has 0 atom stereocenters. The number of carbonyl (C=O) groups is 1. The number of hydrogen-bond acceptors (Lipinski definition) is 6. The summed E-state index contributed by atoms with van der Waals surface area (Å²) in [5.74, 6) is 0.808. The van der Waals surface area contributed by atoms with E-state index in [1.807, 2.05) is 60.4 Å². The SMILES string of the molecule is CCOc1cccc2sc(N(CCN3CCOCC3)C(=O)Cc3ccc(-c4ccccc4)cc3)nc12. The lowest BCUT2D eigenvalue weighted by molar-refractivity contribution is -0.118. The number of carbonyl (C=O) groups excluding carboxylic acids is 1. The van der Waals surface area contributed by atoms with E-state index in [-0.39, 0.29) is 5.91 Å². The second kappa shape index (κ2) is 11.6. The first-order valence-corrected chi connectivity index (χ1v) is 13.3. The lowest BCUT2D eigenvalue weighted by Gasteiger charge is -2.29. The maximum absolute atomic E-state index is 13.6. The summed E-state index contributed by atoms with van der Waals surface area (Å²) in [6, 6.07) is 24.5. The average molecular weight is 502 g/mol. The van der Waals surface area contributed by atoms with Gasteiger partial charge < -0.3 is 9.47 Å². The van der Waals surface area contributed by atoms with E-state index in [1.165, 1.54) is 5.56 Å². The van der Waals surface area contributed by atoms with Crippen molar-refractivity contribution in [2.45, 2.75) is 13.3 Å². The Morgan fingerprint density at radius 3 is 2.50 bits per heavy atom. The van der Waals surface area contributed by atoms with E-state index in [2.05, 4.69) is 29.2 Å². The molecule has 0 saturated carbocycles. The zero-order valence-electron chi connectivity index (χ0n) is 20.6. The van der Waals surface area contributed by atoms with E-state index in [0.717, 1.165) is 65.1 Å². The molecule has 3 aromatic carbocycles. The van der Waals surface area contributed by atoms with Gasteiger partial charge in [-0.15, -0.1) is 0 Å². The van der Waals surface area contributed by atoms with E-state index in [0.29, 0.717) is 19.6 Å². The van der Waals surface area contributed by atoms with Crippen LogP contribution in [0.5, 0.6) is 5.75 Å². The van der Waals surface area contributed by atoms with Crippen LogP contribution in [0.4, 0.5) is 5.13 Å². The highest BCUT2D eigenvalue weighted by molar-refractivity contribution is 7.22. The van der Waals surface area contributed by atoms with Gasteiger partial charge in [0, 0.05) is 26.2 Å². The third-order valence-corrected chi connectivity index (χ3v) is 7.41. The van der Waals surface area contributed by atoms with E-state index < -0.39 is 0 Å². The number of morpholine rings is 1. The van der Waals surface area contributed by atoms with Crippen LogP contribution in [-0.2, 0) is 16.0 Å². The Morgan fingerprint density at radius 2 is 1.75 bits per heavy atom. The molecule has 1 aliphatic rings. The Hall–Kier alpha value is -3.26. The van der Waals surface area contributed by atoms with Gasteiger partial charge in [-0.25, -0.2) is 4.98 Å². The summed E-state index contributed by atoms with van der Waals surface area (Å²) in [7, 11) is 0. The van der Waals surface area contributed by atoms with Crippen LogP contribution in [0.25, 0.3) is 21.3 Å². The number of para-hydroxylation sites is 1. The number of ether oxygens (including phenoxy) is 2. The summed E-state index contributed by atoms with van der Waals surface area (Å²) in [6.07, 6.45) is 0.326. The molecule has 1 aromatic heterocycles. The van der Waals surface area contributed by atoms with E-state index in [1.54, 1.807) is 11.3 Å². The number of nitrogens with zero attached hydrogens (tertiary/aromatic N) is 3. The fourth-order valence-corrected chi connectivity index (χ4v) is 5.43. The molecule has 6 nitrogen and oxygen atoms in total. The summed E-state index contributed by atoms with van der Waals surface area (Å²) >= 11 is 1.54. The molecule has 0 aliphatic carbocycles. The summed E-state index contributed by atoms with van der Waals surface area (Å²) in [5, 5.41) is 0.719. The van der Waals surface area contributed by atoms with Gasteiger partial charge in [-0.05, 0) is 35.7 Å². The van der Waals surface area contributed by atoms with Crippen LogP contribution in [0.2, 0.25) is 0 Å². The van der Waals surface area contributed by atoms with Crippen molar-refractivity contribution in [3.63, 3.8) is 0 Å². The molecule has 0 unspecified atom stereocenters. The molecule has 0 radical (unpaired) electrons. The lowest BCUT2D eigenvalue weighted by atomic mass is 10.0. The van der Waals surface area contributed by atoms with Crippen LogP contribution in [0, 0.1) is 0 Å². The van der Waals surface area contributed by atoms with Gasteiger partial charge in [-0.2, -0.15) is 0 Å². The summed E-state index contributed by atoms with van der Waals surface area (Å²) < 4.78 is 12.3. The van der Waals surface area contributed by atoms with Gasteiger partial charge in [0.25, 0.3) is 0 Å². The maximum atomic E-state index is 13.6. The number of amides is 1. The minimum Gasteiger partial charge on any atom is -0.492 e. The second-order valence-corrected chi connectivity index (χ2v) is 9.78. The van der Waals surface area contributed by atoms with Crippen molar-refractivity contribution in [3.05, 3.63) is 78.4 Å². The quantitative estimate of drug-likeness (QED) is 0.313. The number of fused-ring (bicyclic) bond motifs is 1. The van der Waals surface area contributed by atoms with E-state index in [4.69, 9.17) is 14.5 Å². The first-order chi connectivity index (χ1) is 17.7. The van der Waals surface area contributed by atoms with Crippen LogP contribution in [0.3, 0.4) is 0 Å². The largest absolute Gasteiger partial charge is 0.492 e. The molecular weight excluding hydrogens is 470 g/mol. The molecule has 1 aliphatic heterocycles. The predicted octanol–water partition coefficient (Wildman–Crippen LogP) is 5.27. The van der Waals surface area contributed by atoms with Gasteiger partial charge in [0.05, 0.1) is 30.9 Å². The molecule has 1 amide bonds. The number of benzene rings is 3. The Kier molecular flexibility index (Phi) is 7.91. The molecule has 4 aromatic rings. The van der Waals surface area contributed by atoms with Crippen LogP contribution in [0.1, 0.15) is 12.5 Å². The Bertz CT molecular complexity index is 1280. The van der Waals surface area contributed by atoms with Crippen LogP contribution < -0.4 is 9.64 Å². The first kappa shape index (κ1) is 24.4. The van der Waals surface area contributed by atoms with Gasteiger partial charge >= 0.3 is 0 Å². The van der Waals surface area contributed by atoms with E-state index >= 15 is 0 Å². The number of hydrogen-bond donors (Lipinski definition) is 0. The molecule has 0 spiro atoms. The number of rotatable bonds is 9. The fraction of sp³-hybridized carbons (Fsp3) is 0.310. The van der Waals surface area contributed by atoms with Gasteiger partial charge in [-0.3, -0.25) is 14.6 Å². The topological polar surface area (TPSA) is 54.9 Å². The van der Waals surface area contributed by atoms with Gasteiger partial charge in [0.2, 0.25) is 5.91 Å². The van der Waals surface area contributed by atoms with Crippen LogP contribution in [-0.4, -0.2) is 61.8 Å². The zero-order valence-corrected chi connectivity index (χ0v) is 21.4. The molecule has 0 N–H and O–H groups in total. The highest BCUT2D eigenvalue weighted by atomic mass is 32.1. The first-order valence-electron chi connectivity index (χ1n) is 12.5.